The highest BCUT2D eigenvalue weighted by atomic mass is 16.6. The summed E-state index contributed by atoms with van der Waals surface area (Å²) in [6, 6.07) is 23.2. The molecule has 1 aliphatic rings. The van der Waals surface area contributed by atoms with Crippen molar-refractivity contribution in [1.29, 1.82) is 0 Å². The third kappa shape index (κ3) is 4.31. The third-order valence-electron chi connectivity index (χ3n) is 6.69. The van der Waals surface area contributed by atoms with Crippen molar-refractivity contribution in [1.82, 2.24) is 19.7 Å². The Morgan fingerprint density at radius 2 is 1.73 bits per heavy atom. The highest BCUT2D eigenvalue weighted by Gasteiger charge is 2.19. The summed E-state index contributed by atoms with van der Waals surface area (Å²) in [6.07, 6.45) is 1.68. The summed E-state index contributed by atoms with van der Waals surface area (Å²) in [5, 5.41) is 9.05. The van der Waals surface area contributed by atoms with Crippen molar-refractivity contribution in [2.75, 3.05) is 13.2 Å². The summed E-state index contributed by atoms with van der Waals surface area (Å²) in [5.74, 6) is 1.06. The van der Waals surface area contributed by atoms with Crippen LogP contribution in [0.15, 0.2) is 83.8 Å². The molecule has 8 nitrogen and oxygen atoms in total. The van der Waals surface area contributed by atoms with Gasteiger partial charge < -0.3 is 19.4 Å². The van der Waals surface area contributed by atoms with E-state index in [1.165, 1.54) is 4.68 Å². The molecule has 1 atom stereocenters. The van der Waals surface area contributed by atoms with E-state index in [0.717, 1.165) is 27.4 Å². The average Bonchev–Trinajstić information content (AvgIpc) is 3.24. The number of para-hydroxylation sites is 1. The van der Waals surface area contributed by atoms with Gasteiger partial charge in [-0.15, -0.1) is 0 Å². The van der Waals surface area contributed by atoms with Crippen molar-refractivity contribution in [3.8, 4) is 11.5 Å². The molecule has 0 saturated heterocycles. The summed E-state index contributed by atoms with van der Waals surface area (Å²) in [7, 11) is 0. The lowest BCUT2D eigenvalue weighted by Gasteiger charge is -2.21. The van der Waals surface area contributed by atoms with Gasteiger partial charge in [-0.1, -0.05) is 54.6 Å². The van der Waals surface area contributed by atoms with E-state index >= 15 is 0 Å². The van der Waals surface area contributed by atoms with E-state index in [9.17, 15) is 9.59 Å². The minimum absolute atomic E-state index is 0.184. The number of nitrogens with one attached hydrogen (secondary N) is 1. The summed E-state index contributed by atoms with van der Waals surface area (Å²) < 4.78 is 14.5. The molecule has 0 bridgehead atoms. The van der Waals surface area contributed by atoms with Crippen molar-refractivity contribution in [3.05, 3.63) is 100 Å². The molecule has 0 radical (unpaired) electrons. The molecule has 0 saturated carbocycles. The molecule has 8 heteroatoms. The van der Waals surface area contributed by atoms with Crippen molar-refractivity contribution in [3.63, 3.8) is 0 Å². The Morgan fingerprint density at radius 3 is 2.57 bits per heavy atom. The summed E-state index contributed by atoms with van der Waals surface area (Å²) >= 11 is 0. The number of carbonyl (C=O) groups is 1. The number of benzene rings is 3. The highest BCUT2D eigenvalue weighted by molar-refractivity contribution is 6.07. The van der Waals surface area contributed by atoms with Crippen molar-refractivity contribution in [2.24, 2.45) is 0 Å². The minimum atomic E-state index is -0.304. The van der Waals surface area contributed by atoms with Gasteiger partial charge in [-0.2, -0.15) is 5.10 Å². The molecule has 1 amide bonds. The third-order valence-corrected chi connectivity index (χ3v) is 6.69. The van der Waals surface area contributed by atoms with Crippen LogP contribution in [0.2, 0.25) is 0 Å². The number of carbonyl (C=O) groups excluding carboxylic acids is 1. The molecule has 1 aliphatic heterocycles. The van der Waals surface area contributed by atoms with Crippen LogP contribution >= 0.6 is 0 Å². The van der Waals surface area contributed by atoms with Crippen LogP contribution in [0.1, 0.15) is 24.1 Å². The molecule has 186 valence electrons. The maximum atomic E-state index is 13.6. The number of nitrogens with zero attached hydrogens (tertiary/aromatic N) is 3. The van der Waals surface area contributed by atoms with Crippen LogP contribution in [-0.2, 0) is 17.9 Å². The SMILES string of the molecule is C[C@H](NC(=O)Cn1ncc2c3ccccc3n(Cc3ccccc3)c2c1=O)c1ccc2c(c1)OCCO2. The van der Waals surface area contributed by atoms with Gasteiger partial charge in [0.05, 0.1) is 12.2 Å². The van der Waals surface area contributed by atoms with Crippen LogP contribution in [0.25, 0.3) is 21.8 Å². The number of fused-ring (bicyclic) bond motifs is 4. The van der Waals surface area contributed by atoms with Gasteiger partial charge in [0.2, 0.25) is 5.91 Å². The number of ether oxygens (including phenoxy) is 2. The lowest BCUT2D eigenvalue weighted by atomic mass is 10.1. The predicted molar refractivity (Wildman–Crippen MR) is 141 cm³/mol. The first-order chi connectivity index (χ1) is 18.1. The number of hydrogen-bond acceptors (Lipinski definition) is 5. The Bertz CT molecular complexity index is 1670. The smallest absolute Gasteiger partial charge is 0.291 e. The first-order valence-electron chi connectivity index (χ1n) is 12.3. The fourth-order valence-electron chi connectivity index (χ4n) is 4.87. The molecular formula is C29H26N4O4. The second-order valence-corrected chi connectivity index (χ2v) is 9.15. The molecule has 0 fully saturated rings. The highest BCUT2D eigenvalue weighted by Crippen LogP contribution is 2.32. The topological polar surface area (TPSA) is 87.4 Å². The van der Waals surface area contributed by atoms with Crippen LogP contribution in [0, 0.1) is 0 Å². The number of rotatable bonds is 6. The molecule has 1 N–H and O–H groups in total. The van der Waals surface area contributed by atoms with Gasteiger partial charge in [-0.25, -0.2) is 4.68 Å². The maximum absolute atomic E-state index is 13.6. The van der Waals surface area contributed by atoms with Gasteiger partial charge in [0.15, 0.2) is 11.5 Å². The predicted octanol–water partition coefficient (Wildman–Crippen LogP) is 4.05. The second kappa shape index (κ2) is 9.46. The van der Waals surface area contributed by atoms with Gasteiger partial charge in [-0.05, 0) is 36.2 Å². The molecule has 0 aliphatic carbocycles. The molecule has 5 aromatic rings. The van der Waals surface area contributed by atoms with Gasteiger partial charge in [0, 0.05) is 22.8 Å². The Hall–Kier alpha value is -4.59. The van der Waals surface area contributed by atoms with E-state index in [1.807, 2.05) is 84.3 Å². The van der Waals surface area contributed by atoms with Crippen LogP contribution in [-0.4, -0.2) is 33.5 Å². The second-order valence-electron chi connectivity index (χ2n) is 9.15. The molecule has 3 heterocycles. The van der Waals surface area contributed by atoms with E-state index < -0.39 is 0 Å². The fourth-order valence-corrected chi connectivity index (χ4v) is 4.87. The molecule has 0 unspecified atom stereocenters. The molecule has 3 aromatic carbocycles. The Labute approximate surface area is 213 Å². The first kappa shape index (κ1) is 22.8. The van der Waals surface area contributed by atoms with Crippen LogP contribution < -0.4 is 20.3 Å². The van der Waals surface area contributed by atoms with E-state index in [1.54, 1.807) is 6.20 Å². The van der Waals surface area contributed by atoms with Gasteiger partial charge in [0.25, 0.3) is 5.56 Å². The van der Waals surface area contributed by atoms with Gasteiger partial charge in [-0.3, -0.25) is 9.59 Å². The number of hydrogen-bond donors (Lipinski definition) is 1. The normalized spacial score (nSPS) is 13.5. The van der Waals surface area contributed by atoms with E-state index in [0.29, 0.717) is 36.8 Å². The molecule has 2 aromatic heterocycles. The summed E-state index contributed by atoms with van der Waals surface area (Å²) in [4.78, 5) is 26.6. The Morgan fingerprint density at radius 1 is 0.973 bits per heavy atom. The van der Waals surface area contributed by atoms with Crippen molar-refractivity contribution in [2.45, 2.75) is 26.1 Å². The zero-order valence-corrected chi connectivity index (χ0v) is 20.4. The molecule has 37 heavy (non-hydrogen) atoms. The van der Waals surface area contributed by atoms with Crippen LogP contribution in [0.5, 0.6) is 11.5 Å². The number of aromatic nitrogens is 3. The Kier molecular flexibility index (Phi) is 5.84. The monoisotopic (exact) mass is 494 g/mol. The fraction of sp³-hybridized carbons (Fsp3) is 0.207. The maximum Gasteiger partial charge on any atom is 0.291 e. The van der Waals surface area contributed by atoms with Crippen molar-refractivity contribution < 1.29 is 14.3 Å². The van der Waals surface area contributed by atoms with Gasteiger partial charge >= 0.3 is 0 Å². The zero-order valence-electron chi connectivity index (χ0n) is 20.4. The first-order valence-corrected chi connectivity index (χ1v) is 12.3. The minimum Gasteiger partial charge on any atom is -0.486 e. The lowest BCUT2D eigenvalue weighted by molar-refractivity contribution is -0.122. The molecule has 0 spiro atoms. The van der Waals surface area contributed by atoms with Crippen LogP contribution in [0.3, 0.4) is 0 Å². The lowest BCUT2D eigenvalue weighted by Crippen LogP contribution is -2.35. The number of amides is 1. The standard InChI is InChI=1S/C29H26N4O4/c1-19(21-11-12-25-26(15-21)37-14-13-36-25)31-27(34)18-33-29(35)28-23(16-30-33)22-9-5-6-10-24(22)32(28)17-20-7-3-2-4-8-20/h2-12,15-16,19H,13-14,17-18H2,1H3,(H,31,34)/t19-/m0/s1. The van der Waals surface area contributed by atoms with E-state index in [-0.39, 0.29) is 24.1 Å². The average molecular weight is 495 g/mol. The van der Waals surface area contributed by atoms with E-state index in [4.69, 9.17) is 9.47 Å². The van der Waals surface area contributed by atoms with Crippen molar-refractivity contribution >= 4 is 27.7 Å². The summed E-state index contributed by atoms with van der Waals surface area (Å²) in [5.41, 5.74) is 3.16. The van der Waals surface area contributed by atoms with E-state index in [2.05, 4.69) is 10.4 Å². The van der Waals surface area contributed by atoms with Crippen LogP contribution in [0.4, 0.5) is 0 Å². The largest absolute Gasteiger partial charge is 0.486 e. The molecular weight excluding hydrogens is 468 g/mol. The van der Waals surface area contributed by atoms with Gasteiger partial charge in [0.1, 0.15) is 25.3 Å². The zero-order chi connectivity index (χ0) is 25.4. The quantitative estimate of drug-likeness (QED) is 0.385. The molecule has 6 rings (SSSR count). The Balaban J connectivity index is 1.29. The summed E-state index contributed by atoms with van der Waals surface area (Å²) in [6.45, 7) is 3.26.